The Balaban J connectivity index is 1.45. The fraction of sp³-hybridized carbons (Fsp3) is 0.400. The van der Waals surface area contributed by atoms with Crippen molar-refractivity contribution in [3.8, 4) is 5.75 Å². The molecule has 0 atom stereocenters. The number of nitrogens with one attached hydrogen (secondary N) is 2. The Hall–Kier alpha value is -2.97. The van der Waals surface area contributed by atoms with Crippen molar-refractivity contribution >= 4 is 40.0 Å². The average molecular weight is 465 g/mol. The van der Waals surface area contributed by atoms with E-state index in [0.717, 1.165) is 83.0 Å². The number of hydrogen-bond donors (Lipinski definition) is 2. The molecule has 2 heterocycles. The minimum absolute atomic E-state index is 0.646. The van der Waals surface area contributed by atoms with Gasteiger partial charge in [-0.2, -0.15) is 0 Å². The highest BCUT2D eigenvalue weighted by atomic mass is 32.1. The van der Waals surface area contributed by atoms with Crippen LogP contribution in [0.3, 0.4) is 0 Å². The molecule has 8 heteroatoms. The Bertz CT molecular complexity index is 1280. The quantitative estimate of drug-likeness (QED) is 0.229. The molecule has 0 saturated heterocycles. The predicted molar refractivity (Wildman–Crippen MR) is 138 cm³/mol. The van der Waals surface area contributed by atoms with Crippen LogP contribution in [-0.2, 0) is 13.1 Å². The first-order valence-corrected chi connectivity index (χ1v) is 12.1. The fourth-order valence-corrected chi connectivity index (χ4v) is 4.45. The van der Waals surface area contributed by atoms with Gasteiger partial charge in [0.2, 0.25) is 0 Å². The molecule has 0 aliphatic carbocycles. The second kappa shape index (κ2) is 10.8. The van der Waals surface area contributed by atoms with Gasteiger partial charge in [0.1, 0.15) is 17.9 Å². The first-order valence-electron chi connectivity index (χ1n) is 11.7. The molecule has 33 heavy (non-hydrogen) atoms. The molecule has 2 aromatic carbocycles. The van der Waals surface area contributed by atoms with Crippen LogP contribution < -0.4 is 10.1 Å². The van der Waals surface area contributed by atoms with E-state index in [9.17, 15) is 0 Å². The van der Waals surface area contributed by atoms with E-state index in [0.29, 0.717) is 6.54 Å². The van der Waals surface area contributed by atoms with Crippen LogP contribution in [0.2, 0.25) is 0 Å². The van der Waals surface area contributed by atoms with E-state index in [1.807, 2.05) is 12.1 Å². The lowest BCUT2D eigenvalue weighted by molar-refractivity contribution is 0.249. The molecule has 0 aliphatic heterocycles. The summed E-state index contributed by atoms with van der Waals surface area (Å²) in [5, 5.41) is 4.43. The molecule has 0 spiro atoms. The van der Waals surface area contributed by atoms with Gasteiger partial charge < -0.3 is 24.5 Å². The van der Waals surface area contributed by atoms with E-state index >= 15 is 0 Å². The number of imidazole rings is 1. The fourth-order valence-electron chi connectivity index (χ4n) is 4.11. The molecular weight excluding hydrogens is 432 g/mol. The third-order valence-electron chi connectivity index (χ3n) is 5.99. The van der Waals surface area contributed by atoms with Crippen molar-refractivity contribution in [3.05, 3.63) is 53.1 Å². The zero-order valence-electron chi connectivity index (χ0n) is 19.6. The molecule has 0 aliphatic rings. The highest BCUT2D eigenvalue weighted by Crippen LogP contribution is 2.26. The van der Waals surface area contributed by atoms with Gasteiger partial charge in [0.15, 0.2) is 4.77 Å². The van der Waals surface area contributed by atoms with Gasteiger partial charge in [-0.3, -0.25) is 0 Å². The number of aryl methyl sites for hydroxylation is 1. The van der Waals surface area contributed by atoms with E-state index < -0.39 is 0 Å². The van der Waals surface area contributed by atoms with Crippen LogP contribution in [0.5, 0.6) is 5.75 Å². The monoisotopic (exact) mass is 464 g/mol. The van der Waals surface area contributed by atoms with Gasteiger partial charge in [0, 0.05) is 25.0 Å². The maximum absolute atomic E-state index is 5.98. The summed E-state index contributed by atoms with van der Waals surface area (Å²) < 4.78 is 8.78. The zero-order chi connectivity index (χ0) is 23.2. The normalized spacial score (nSPS) is 11.5. The van der Waals surface area contributed by atoms with Gasteiger partial charge in [-0.1, -0.05) is 26.0 Å². The summed E-state index contributed by atoms with van der Waals surface area (Å²) in [4.78, 5) is 14.7. The topological polar surface area (TPSA) is 71.0 Å². The van der Waals surface area contributed by atoms with Crippen LogP contribution in [-0.4, -0.2) is 50.7 Å². The number of benzene rings is 2. The van der Waals surface area contributed by atoms with Crippen molar-refractivity contribution in [3.63, 3.8) is 0 Å². The van der Waals surface area contributed by atoms with E-state index in [2.05, 4.69) is 74.8 Å². The molecule has 7 nitrogen and oxygen atoms in total. The number of anilines is 1. The lowest BCUT2D eigenvalue weighted by atomic mass is 10.2. The Morgan fingerprint density at radius 3 is 2.76 bits per heavy atom. The lowest BCUT2D eigenvalue weighted by Gasteiger charge is -2.17. The smallest absolute Gasteiger partial charge is 0.178 e. The minimum Gasteiger partial charge on any atom is -0.494 e. The molecule has 4 aromatic rings. The number of rotatable bonds is 11. The van der Waals surface area contributed by atoms with Gasteiger partial charge >= 0.3 is 0 Å². The molecule has 174 valence electrons. The Labute approximate surface area is 199 Å². The summed E-state index contributed by atoms with van der Waals surface area (Å²) >= 11 is 5.46. The summed E-state index contributed by atoms with van der Waals surface area (Å²) in [7, 11) is 0. The van der Waals surface area contributed by atoms with E-state index in [1.165, 1.54) is 0 Å². The largest absolute Gasteiger partial charge is 0.494 e. The molecule has 2 aromatic heterocycles. The molecule has 0 amide bonds. The number of fused-ring (bicyclic) bond motifs is 2. The summed E-state index contributed by atoms with van der Waals surface area (Å²) in [6.07, 6.45) is 2.62. The molecule has 0 radical (unpaired) electrons. The number of ether oxygens (including phenoxy) is 1. The molecule has 0 unspecified atom stereocenters. The maximum atomic E-state index is 5.98. The van der Waals surface area contributed by atoms with Crippen LogP contribution in [0.25, 0.3) is 21.9 Å². The molecule has 0 saturated carbocycles. The van der Waals surface area contributed by atoms with Gasteiger partial charge in [-0.15, -0.1) is 0 Å². The SMILES string of the molecule is CCN(CC)CCCOc1cccc(CNc2ncnc3cc4c(cc23)[nH]c(=S)n4CC)c1. The van der Waals surface area contributed by atoms with Crippen molar-refractivity contribution < 1.29 is 4.74 Å². The van der Waals surface area contributed by atoms with Crippen molar-refractivity contribution in [2.75, 3.05) is 31.6 Å². The molecule has 4 rings (SSSR count). The lowest BCUT2D eigenvalue weighted by Crippen LogP contribution is -2.25. The maximum Gasteiger partial charge on any atom is 0.178 e. The first kappa shape index (κ1) is 23.2. The highest BCUT2D eigenvalue weighted by Gasteiger charge is 2.10. The van der Waals surface area contributed by atoms with Crippen LogP contribution in [0, 0.1) is 4.77 Å². The van der Waals surface area contributed by atoms with E-state index in [1.54, 1.807) is 6.33 Å². The Morgan fingerprint density at radius 1 is 1.12 bits per heavy atom. The zero-order valence-corrected chi connectivity index (χ0v) is 20.4. The first-order chi connectivity index (χ1) is 16.1. The van der Waals surface area contributed by atoms with Gasteiger partial charge in [-0.05, 0) is 68.5 Å². The molecule has 0 bridgehead atoms. The summed E-state index contributed by atoms with van der Waals surface area (Å²) in [5.41, 5.74) is 4.08. The summed E-state index contributed by atoms with van der Waals surface area (Å²) in [6.45, 7) is 11.9. The number of nitrogens with zero attached hydrogens (tertiary/aromatic N) is 4. The molecule has 2 N–H and O–H groups in total. The van der Waals surface area contributed by atoms with Gasteiger partial charge in [-0.25, -0.2) is 9.97 Å². The van der Waals surface area contributed by atoms with Crippen LogP contribution in [0.1, 0.15) is 32.8 Å². The van der Waals surface area contributed by atoms with Crippen LogP contribution >= 0.6 is 12.2 Å². The minimum atomic E-state index is 0.646. The number of aromatic nitrogens is 4. The van der Waals surface area contributed by atoms with Crippen molar-refractivity contribution in [2.45, 2.75) is 40.3 Å². The second-order valence-corrected chi connectivity index (χ2v) is 8.40. The van der Waals surface area contributed by atoms with Crippen molar-refractivity contribution in [1.82, 2.24) is 24.4 Å². The van der Waals surface area contributed by atoms with E-state index in [4.69, 9.17) is 17.0 Å². The van der Waals surface area contributed by atoms with Crippen LogP contribution in [0.15, 0.2) is 42.7 Å². The highest BCUT2D eigenvalue weighted by molar-refractivity contribution is 7.71. The summed E-state index contributed by atoms with van der Waals surface area (Å²) in [5.74, 6) is 1.70. The number of hydrogen-bond acceptors (Lipinski definition) is 6. The average Bonchev–Trinajstić information content (AvgIpc) is 3.15. The third kappa shape index (κ3) is 5.34. The van der Waals surface area contributed by atoms with Crippen LogP contribution in [0.4, 0.5) is 5.82 Å². The molecular formula is C25H32N6OS. The van der Waals surface area contributed by atoms with Gasteiger partial charge in [0.25, 0.3) is 0 Å². The number of H-pyrrole nitrogens is 1. The predicted octanol–water partition coefficient (Wildman–Crippen LogP) is 5.38. The third-order valence-corrected chi connectivity index (χ3v) is 6.31. The van der Waals surface area contributed by atoms with E-state index in [-0.39, 0.29) is 0 Å². The summed E-state index contributed by atoms with van der Waals surface area (Å²) in [6, 6.07) is 12.4. The van der Waals surface area contributed by atoms with Crippen molar-refractivity contribution in [2.24, 2.45) is 0 Å². The second-order valence-electron chi connectivity index (χ2n) is 8.01. The Kier molecular flexibility index (Phi) is 7.57. The molecule has 0 fully saturated rings. The standard InChI is InChI=1S/C25H32N6OS/c1-4-30(5-2)11-8-12-32-19-10-7-9-18(13-19)16-26-24-20-14-22-23(15-21(20)27-17-28-24)31(6-3)25(33)29-22/h7,9-10,13-15,17H,4-6,8,11-12,16H2,1-3H3,(H,29,33)(H,26,27,28). The Morgan fingerprint density at radius 2 is 1.97 bits per heavy atom. The van der Waals surface area contributed by atoms with Crippen molar-refractivity contribution in [1.29, 1.82) is 0 Å². The number of aromatic amines is 1. The van der Waals surface area contributed by atoms with Gasteiger partial charge in [0.05, 0.1) is 23.2 Å².